The fourth-order valence-electron chi connectivity index (χ4n) is 4.67. The molecule has 0 radical (unpaired) electrons. The van der Waals surface area contributed by atoms with E-state index in [1.807, 2.05) is 30.3 Å². The van der Waals surface area contributed by atoms with Gasteiger partial charge in [0.05, 0.1) is 23.9 Å². The van der Waals surface area contributed by atoms with Crippen molar-refractivity contribution >= 4 is 57.1 Å². The highest BCUT2D eigenvalue weighted by molar-refractivity contribution is 7.17. The average molecular weight is 570 g/mol. The largest absolute Gasteiger partial charge is 0.462 e. The van der Waals surface area contributed by atoms with Gasteiger partial charge >= 0.3 is 23.8 Å². The highest BCUT2D eigenvalue weighted by atomic mass is 32.1. The molecule has 208 valence electrons. The van der Waals surface area contributed by atoms with Crippen LogP contribution < -0.4 is 15.5 Å². The number of carbonyl (C=O) groups is 4. The van der Waals surface area contributed by atoms with Crippen molar-refractivity contribution in [3.8, 4) is 5.75 Å². The van der Waals surface area contributed by atoms with E-state index >= 15 is 0 Å². The smallest absolute Gasteiger partial charge is 0.343 e. The summed E-state index contributed by atoms with van der Waals surface area (Å²) < 4.78 is 10.9. The van der Waals surface area contributed by atoms with Gasteiger partial charge < -0.3 is 14.8 Å². The van der Waals surface area contributed by atoms with E-state index in [1.54, 1.807) is 43.3 Å². The first kappa shape index (κ1) is 27.7. The number of thiophene rings is 1. The standard InChI is InChI=1S/C31H27N3O6S/c1-2-39-31(38)26-22-14-8-9-15-25(22)41-29(26)33-27(35)28(36)34-32-18-23-21-13-7-6-10-19(21)16-17-24(23)40-30(37)20-11-4-3-5-12-20/h3-7,10-13,16-18H,2,8-9,14-15H2,1H3,(H,33,35)(H,34,36)/b32-18-. The number of nitrogens with zero attached hydrogens (tertiary/aromatic N) is 1. The number of esters is 2. The van der Waals surface area contributed by atoms with Crippen LogP contribution in [0.15, 0.2) is 71.8 Å². The van der Waals surface area contributed by atoms with Gasteiger partial charge in [-0.3, -0.25) is 9.59 Å². The molecule has 41 heavy (non-hydrogen) atoms. The molecule has 4 aromatic rings. The molecule has 0 saturated carbocycles. The van der Waals surface area contributed by atoms with Gasteiger partial charge in [0.2, 0.25) is 0 Å². The van der Waals surface area contributed by atoms with Gasteiger partial charge in [0.1, 0.15) is 10.8 Å². The molecule has 9 nitrogen and oxygen atoms in total. The fraction of sp³-hybridized carbons (Fsp3) is 0.194. The minimum Gasteiger partial charge on any atom is -0.462 e. The number of rotatable bonds is 7. The number of anilines is 1. The number of amides is 2. The van der Waals surface area contributed by atoms with Crippen LogP contribution in [-0.4, -0.2) is 36.6 Å². The number of hydrazone groups is 1. The molecule has 0 fully saturated rings. The molecule has 1 aliphatic carbocycles. The molecule has 5 rings (SSSR count). The van der Waals surface area contributed by atoms with Crippen molar-refractivity contribution in [2.24, 2.45) is 5.10 Å². The molecule has 0 bridgehead atoms. The Balaban J connectivity index is 1.34. The number of nitrogens with one attached hydrogen (secondary N) is 2. The van der Waals surface area contributed by atoms with Gasteiger partial charge in [-0.2, -0.15) is 5.10 Å². The summed E-state index contributed by atoms with van der Waals surface area (Å²) in [5.74, 6) is -2.82. The Kier molecular flexibility index (Phi) is 8.50. The quantitative estimate of drug-likeness (QED) is 0.103. The maximum absolute atomic E-state index is 12.8. The lowest BCUT2D eigenvalue weighted by Gasteiger charge is -2.12. The molecule has 0 aliphatic heterocycles. The third-order valence-electron chi connectivity index (χ3n) is 6.59. The molecule has 0 saturated heterocycles. The Morgan fingerprint density at radius 2 is 1.66 bits per heavy atom. The maximum atomic E-state index is 12.8. The van der Waals surface area contributed by atoms with Crippen molar-refractivity contribution in [1.82, 2.24) is 5.43 Å². The first-order valence-corrected chi connectivity index (χ1v) is 14.0. The Morgan fingerprint density at radius 1 is 0.902 bits per heavy atom. The summed E-state index contributed by atoms with van der Waals surface area (Å²) in [6, 6.07) is 19.5. The molecule has 2 amide bonds. The maximum Gasteiger partial charge on any atom is 0.343 e. The average Bonchev–Trinajstić information content (AvgIpc) is 3.36. The molecular weight excluding hydrogens is 542 g/mol. The predicted octanol–water partition coefficient (Wildman–Crippen LogP) is 5.26. The van der Waals surface area contributed by atoms with Crippen molar-refractivity contribution in [3.63, 3.8) is 0 Å². The number of carbonyl (C=O) groups excluding carboxylic acids is 4. The number of ether oxygens (including phenoxy) is 2. The Hall–Kier alpha value is -4.83. The lowest BCUT2D eigenvalue weighted by atomic mass is 9.95. The van der Waals surface area contributed by atoms with Crippen LogP contribution in [0, 0.1) is 0 Å². The van der Waals surface area contributed by atoms with Crippen LogP contribution in [0.1, 0.15) is 56.5 Å². The van der Waals surface area contributed by atoms with E-state index < -0.39 is 23.8 Å². The van der Waals surface area contributed by atoms with E-state index in [-0.39, 0.29) is 12.4 Å². The van der Waals surface area contributed by atoms with Crippen molar-refractivity contribution in [1.29, 1.82) is 0 Å². The number of hydrogen-bond acceptors (Lipinski definition) is 8. The van der Waals surface area contributed by atoms with Crippen LogP contribution >= 0.6 is 11.3 Å². The second-order valence-electron chi connectivity index (χ2n) is 9.24. The summed E-state index contributed by atoms with van der Waals surface area (Å²) in [7, 11) is 0. The van der Waals surface area contributed by atoms with Crippen LogP contribution in [0.3, 0.4) is 0 Å². The van der Waals surface area contributed by atoms with E-state index in [4.69, 9.17) is 9.47 Å². The van der Waals surface area contributed by atoms with E-state index in [9.17, 15) is 19.2 Å². The lowest BCUT2D eigenvalue weighted by molar-refractivity contribution is -0.136. The molecule has 3 aromatic carbocycles. The van der Waals surface area contributed by atoms with Crippen molar-refractivity contribution in [3.05, 3.63) is 93.9 Å². The van der Waals surface area contributed by atoms with Crippen molar-refractivity contribution < 1.29 is 28.7 Å². The zero-order valence-corrected chi connectivity index (χ0v) is 23.1. The van der Waals surface area contributed by atoms with Crippen LogP contribution in [0.5, 0.6) is 5.75 Å². The van der Waals surface area contributed by atoms with Crippen LogP contribution in [-0.2, 0) is 27.2 Å². The normalized spacial score (nSPS) is 12.5. The lowest BCUT2D eigenvalue weighted by Crippen LogP contribution is -2.32. The third kappa shape index (κ3) is 6.17. The summed E-state index contributed by atoms with van der Waals surface area (Å²) >= 11 is 1.29. The zero-order valence-electron chi connectivity index (χ0n) is 22.3. The van der Waals surface area contributed by atoms with Crippen LogP contribution in [0.4, 0.5) is 5.00 Å². The summed E-state index contributed by atoms with van der Waals surface area (Å²) in [4.78, 5) is 51.8. The summed E-state index contributed by atoms with van der Waals surface area (Å²) in [5.41, 5.74) is 4.25. The molecule has 1 aliphatic rings. The number of fused-ring (bicyclic) bond motifs is 2. The monoisotopic (exact) mass is 569 g/mol. The van der Waals surface area contributed by atoms with Crippen molar-refractivity contribution in [2.75, 3.05) is 11.9 Å². The minimum atomic E-state index is -1.02. The molecule has 1 aromatic heterocycles. The predicted molar refractivity (Wildman–Crippen MR) is 157 cm³/mol. The first-order chi connectivity index (χ1) is 20.0. The zero-order chi connectivity index (χ0) is 28.8. The molecule has 10 heteroatoms. The summed E-state index contributed by atoms with van der Waals surface area (Å²) in [5, 5.41) is 8.44. The molecular formula is C31H27N3O6S. The summed E-state index contributed by atoms with van der Waals surface area (Å²) in [6.07, 6.45) is 4.79. The van der Waals surface area contributed by atoms with Crippen LogP contribution in [0.2, 0.25) is 0 Å². The number of aryl methyl sites for hydroxylation is 1. The minimum absolute atomic E-state index is 0.197. The van der Waals surface area contributed by atoms with Gasteiger partial charge in [0, 0.05) is 10.4 Å². The van der Waals surface area contributed by atoms with Gasteiger partial charge in [-0.05, 0) is 67.1 Å². The third-order valence-corrected chi connectivity index (χ3v) is 7.79. The molecule has 1 heterocycles. The number of hydrogen-bond donors (Lipinski definition) is 2. The molecule has 0 atom stereocenters. The van der Waals surface area contributed by atoms with E-state index in [0.717, 1.165) is 40.5 Å². The first-order valence-electron chi connectivity index (χ1n) is 13.2. The second kappa shape index (κ2) is 12.6. The van der Waals surface area contributed by atoms with E-state index in [1.165, 1.54) is 17.6 Å². The van der Waals surface area contributed by atoms with Crippen LogP contribution in [0.25, 0.3) is 10.8 Å². The number of benzene rings is 3. The van der Waals surface area contributed by atoms with Gasteiger partial charge in [-0.25, -0.2) is 15.0 Å². The van der Waals surface area contributed by atoms with Gasteiger partial charge in [0.25, 0.3) is 0 Å². The molecule has 2 N–H and O–H groups in total. The second-order valence-corrected chi connectivity index (χ2v) is 10.3. The highest BCUT2D eigenvalue weighted by Gasteiger charge is 2.28. The molecule has 0 spiro atoms. The topological polar surface area (TPSA) is 123 Å². The Labute approximate surface area is 240 Å². The van der Waals surface area contributed by atoms with Gasteiger partial charge in [-0.15, -0.1) is 11.3 Å². The SMILES string of the molecule is CCOC(=O)c1c(NC(=O)C(=O)N/N=C\c2c(OC(=O)c3ccccc3)ccc3ccccc23)sc2c1CCCC2. The van der Waals surface area contributed by atoms with Crippen molar-refractivity contribution in [2.45, 2.75) is 32.6 Å². The Bertz CT molecular complexity index is 1660. The fourth-order valence-corrected chi connectivity index (χ4v) is 5.94. The van der Waals surface area contributed by atoms with Gasteiger partial charge in [0.15, 0.2) is 0 Å². The van der Waals surface area contributed by atoms with Gasteiger partial charge in [-0.1, -0.05) is 48.5 Å². The summed E-state index contributed by atoms with van der Waals surface area (Å²) in [6.45, 7) is 1.91. The Morgan fingerprint density at radius 3 is 2.46 bits per heavy atom. The van der Waals surface area contributed by atoms with E-state index in [2.05, 4.69) is 15.8 Å². The van der Waals surface area contributed by atoms with E-state index in [0.29, 0.717) is 28.1 Å². The molecule has 0 unspecified atom stereocenters. The highest BCUT2D eigenvalue weighted by Crippen LogP contribution is 2.38.